The van der Waals surface area contributed by atoms with Gasteiger partial charge in [0.2, 0.25) is 0 Å². The number of para-hydroxylation sites is 1. The van der Waals surface area contributed by atoms with E-state index in [-0.39, 0.29) is 17.9 Å². The molecule has 2 atom stereocenters. The molecule has 2 aromatic rings. The Hall–Kier alpha value is -1.55. The van der Waals surface area contributed by atoms with Gasteiger partial charge < -0.3 is 9.47 Å². The van der Waals surface area contributed by atoms with Gasteiger partial charge >= 0.3 is 0 Å². The lowest BCUT2D eigenvalue weighted by molar-refractivity contribution is -0.199. The van der Waals surface area contributed by atoms with Gasteiger partial charge in [0.15, 0.2) is 5.72 Å². The van der Waals surface area contributed by atoms with E-state index in [1.165, 1.54) is 5.56 Å². The molecule has 2 rings (SSSR count). The van der Waals surface area contributed by atoms with Crippen molar-refractivity contribution in [2.24, 2.45) is 11.8 Å². The lowest BCUT2D eigenvalue weighted by Gasteiger charge is -2.53. The van der Waals surface area contributed by atoms with Crippen molar-refractivity contribution in [3.8, 4) is 5.75 Å². The molecule has 0 fully saturated rings. The van der Waals surface area contributed by atoms with Crippen LogP contribution in [0.25, 0.3) is 0 Å². The fourth-order valence-electron chi connectivity index (χ4n) is 4.71. The second kappa shape index (κ2) is 12.1. The van der Waals surface area contributed by atoms with E-state index in [1.807, 2.05) is 30.3 Å². The summed E-state index contributed by atoms with van der Waals surface area (Å²) in [4.78, 5) is 0. The predicted octanol–water partition coefficient (Wildman–Crippen LogP) is 7.60. The van der Waals surface area contributed by atoms with Crippen LogP contribution in [-0.2, 0) is 10.3 Å². The van der Waals surface area contributed by atoms with E-state index < -0.39 is 11.3 Å². The summed E-state index contributed by atoms with van der Waals surface area (Å²) in [5, 5.41) is 3.99. The molecule has 3 nitrogen and oxygen atoms in total. The summed E-state index contributed by atoms with van der Waals surface area (Å²) in [7, 11) is 0. The highest BCUT2D eigenvalue weighted by Crippen LogP contribution is 2.41. The molecule has 0 aromatic heterocycles. The Morgan fingerprint density at radius 1 is 0.781 bits per heavy atom. The van der Waals surface area contributed by atoms with E-state index in [9.17, 15) is 0 Å². The predicted molar refractivity (Wildman–Crippen MR) is 139 cm³/mol. The highest BCUT2D eigenvalue weighted by Gasteiger charge is 2.54. The number of halogens is 1. The zero-order valence-corrected chi connectivity index (χ0v) is 22.1. The minimum atomic E-state index is -0.720. The van der Waals surface area contributed by atoms with Crippen molar-refractivity contribution < 1.29 is 9.47 Å². The first-order valence-electron chi connectivity index (χ1n) is 11.8. The van der Waals surface area contributed by atoms with Crippen molar-refractivity contribution in [3.63, 3.8) is 0 Å². The number of benzene rings is 2. The quantitative estimate of drug-likeness (QED) is 0.330. The van der Waals surface area contributed by atoms with E-state index >= 15 is 0 Å². The molecule has 0 aliphatic carbocycles. The van der Waals surface area contributed by atoms with Crippen molar-refractivity contribution >= 4 is 12.4 Å². The lowest BCUT2D eigenvalue weighted by Crippen LogP contribution is -2.70. The third-order valence-electron chi connectivity index (χ3n) is 5.86. The molecule has 0 radical (unpaired) electrons. The van der Waals surface area contributed by atoms with Crippen LogP contribution in [0.15, 0.2) is 60.7 Å². The van der Waals surface area contributed by atoms with Crippen LogP contribution in [0.5, 0.6) is 5.75 Å². The molecule has 0 amide bonds. The van der Waals surface area contributed by atoms with Crippen molar-refractivity contribution in [1.29, 1.82) is 0 Å². The normalized spacial score (nSPS) is 15.7. The number of rotatable bonds is 12. The first-order valence-corrected chi connectivity index (χ1v) is 11.8. The van der Waals surface area contributed by atoms with Gasteiger partial charge in [-0.1, -0.05) is 76.2 Å². The molecule has 0 spiro atoms. The summed E-state index contributed by atoms with van der Waals surface area (Å²) >= 11 is 0. The molecule has 0 aliphatic rings. The second-order valence-electron chi connectivity index (χ2n) is 10.2. The molecule has 32 heavy (non-hydrogen) atoms. The molecule has 4 heteroatoms. The SMILES string of the molecule is CCOC(C)(CC(C)C)C(CC(C)C)(NC(C)(C)c1ccccc1)Oc1ccccc1.Cl. The molecule has 0 saturated heterocycles. The van der Waals surface area contributed by atoms with E-state index in [2.05, 4.69) is 91.0 Å². The maximum absolute atomic E-state index is 6.95. The van der Waals surface area contributed by atoms with Crippen LogP contribution in [0.4, 0.5) is 0 Å². The molecule has 0 saturated carbocycles. The third kappa shape index (κ3) is 7.23. The fourth-order valence-corrected chi connectivity index (χ4v) is 4.71. The summed E-state index contributed by atoms with van der Waals surface area (Å²) in [5.41, 5.74) is -0.340. The minimum Gasteiger partial charge on any atom is -0.470 e. The van der Waals surface area contributed by atoms with E-state index in [0.29, 0.717) is 18.4 Å². The maximum atomic E-state index is 6.95. The van der Waals surface area contributed by atoms with Gasteiger partial charge in [0.25, 0.3) is 0 Å². The smallest absolute Gasteiger partial charge is 0.190 e. The van der Waals surface area contributed by atoms with Gasteiger partial charge in [0, 0.05) is 18.6 Å². The molecule has 0 heterocycles. The van der Waals surface area contributed by atoms with Crippen LogP contribution in [0.1, 0.15) is 73.8 Å². The summed E-state index contributed by atoms with van der Waals surface area (Å²) in [6, 6.07) is 20.7. The van der Waals surface area contributed by atoms with Crippen LogP contribution in [0.3, 0.4) is 0 Å². The Kier molecular flexibility index (Phi) is 10.7. The first-order chi connectivity index (χ1) is 14.5. The van der Waals surface area contributed by atoms with Crippen molar-refractivity contribution in [3.05, 3.63) is 66.2 Å². The summed E-state index contributed by atoms with van der Waals surface area (Å²) < 4.78 is 13.5. The van der Waals surface area contributed by atoms with Crippen molar-refractivity contribution in [2.75, 3.05) is 6.61 Å². The standard InChI is InChI=1S/C28H43NO2.ClH/c1-9-30-27(8,20-22(2)3)28(21-23(4)5,31-25-18-14-11-15-19-25)29-26(6,7)24-16-12-10-13-17-24;/h10-19,22-23,29H,9,20-21H2,1-8H3;1H. The molecular weight excluding hydrogens is 418 g/mol. The Morgan fingerprint density at radius 2 is 1.28 bits per heavy atom. The highest BCUT2D eigenvalue weighted by molar-refractivity contribution is 5.85. The number of ether oxygens (including phenoxy) is 2. The molecule has 180 valence electrons. The van der Waals surface area contributed by atoms with E-state index in [0.717, 1.165) is 18.6 Å². The van der Waals surface area contributed by atoms with Crippen molar-refractivity contribution in [1.82, 2.24) is 5.32 Å². The largest absolute Gasteiger partial charge is 0.470 e. The van der Waals surface area contributed by atoms with Gasteiger partial charge in [0.05, 0.1) is 0 Å². The van der Waals surface area contributed by atoms with Crippen LogP contribution in [0.2, 0.25) is 0 Å². The van der Waals surface area contributed by atoms with Gasteiger partial charge in [-0.25, -0.2) is 0 Å². The molecular formula is C28H44ClNO2. The first kappa shape index (κ1) is 28.5. The number of hydrogen-bond donors (Lipinski definition) is 1. The maximum Gasteiger partial charge on any atom is 0.190 e. The fraction of sp³-hybridized carbons (Fsp3) is 0.571. The minimum absolute atomic E-state index is 0. The van der Waals surface area contributed by atoms with Crippen molar-refractivity contribution in [2.45, 2.75) is 85.1 Å². The van der Waals surface area contributed by atoms with Crippen LogP contribution in [-0.4, -0.2) is 17.9 Å². The van der Waals surface area contributed by atoms with Gasteiger partial charge in [-0.2, -0.15) is 0 Å². The Labute approximate surface area is 202 Å². The average Bonchev–Trinajstić information content (AvgIpc) is 2.68. The topological polar surface area (TPSA) is 30.5 Å². The molecule has 0 bridgehead atoms. The van der Waals surface area contributed by atoms with Gasteiger partial charge in [0.1, 0.15) is 11.4 Å². The van der Waals surface area contributed by atoms with Gasteiger partial charge in [-0.15, -0.1) is 12.4 Å². The van der Waals surface area contributed by atoms with Crippen LogP contribution >= 0.6 is 12.4 Å². The molecule has 2 unspecified atom stereocenters. The number of hydrogen-bond acceptors (Lipinski definition) is 3. The summed E-state index contributed by atoms with van der Waals surface area (Å²) in [6.07, 6.45) is 1.71. The zero-order chi connectivity index (χ0) is 23.1. The molecule has 1 N–H and O–H groups in total. The van der Waals surface area contributed by atoms with Crippen LogP contribution < -0.4 is 10.1 Å². The Balaban J connectivity index is 0.00000512. The van der Waals surface area contributed by atoms with Gasteiger partial charge in [-0.3, -0.25) is 5.32 Å². The summed E-state index contributed by atoms with van der Waals surface area (Å²) in [5.74, 6) is 1.73. The number of nitrogens with one attached hydrogen (secondary N) is 1. The van der Waals surface area contributed by atoms with E-state index in [1.54, 1.807) is 0 Å². The second-order valence-corrected chi connectivity index (χ2v) is 10.2. The molecule has 2 aromatic carbocycles. The van der Waals surface area contributed by atoms with Crippen LogP contribution in [0, 0.1) is 11.8 Å². The highest BCUT2D eigenvalue weighted by atomic mass is 35.5. The summed E-state index contributed by atoms with van der Waals surface area (Å²) in [6.45, 7) is 18.4. The Morgan fingerprint density at radius 3 is 1.75 bits per heavy atom. The average molecular weight is 462 g/mol. The monoisotopic (exact) mass is 461 g/mol. The van der Waals surface area contributed by atoms with E-state index in [4.69, 9.17) is 9.47 Å². The zero-order valence-electron chi connectivity index (χ0n) is 21.3. The molecule has 0 aliphatic heterocycles. The van der Waals surface area contributed by atoms with Gasteiger partial charge in [-0.05, 0) is 63.6 Å². The lowest BCUT2D eigenvalue weighted by atomic mass is 9.77. The third-order valence-corrected chi connectivity index (χ3v) is 5.86. The Bertz CT molecular complexity index is 779.